The number of furan rings is 1. The third-order valence-electron chi connectivity index (χ3n) is 4.99. The second-order valence-electron chi connectivity index (χ2n) is 7.04. The molecule has 0 aliphatic rings. The summed E-state index contributed by atoms with van der Waals surface area (Å²) in [4.78, 5) is 30.3. The highest BCUT2D eigenvalue weighted by atomic mass is 16.3. The topological polar surface area (TPSA) is 77.1 Å². The summed E-state index contributed by atoms with van der Waals surface area (Å²) < 4.78 is 7.43. The normalized spacial score (nSPS) is 10.7. The average Bonchev–Trinajstić information content (AvgIpc) is 3.25. The Hall–Kier alpha value is -3.93. The van der Waals surface area contributed by atoms with Gasteiger partial charge in [-0.05, 0) is 49.7 Å². The summed E-state index contributed by atoms with van der Waals surface area (Å²) in [5.41, 5.74) is 3.33. The zero-order valence-corrected chi connectivity index (χ0v) is 16.8. The first-order valence-electron chi connectivity index (χ1n) is 9.59. The Labute approximate surface area is 173 Å². The number of pyridine rings is 2. The van der Waals surface area contributed by atoms with Crippen molar-refractivity contribution in [3.63, 3.8) is 0 Å². The smallest absolute Gasteiger partial charge is 0.261 e. The van der Waals surface area contributed by atoms with Crippen LogP contribution >= 0.6 is 0 Å². The molecule has 6 nitrogen and oxygen atoms in total. The number of hydrogen-bond donors (Lipinski definition) is 1. The van der Waals surface area contributed by atoms with Gasteiger partial charge in [0.1, 0.15) is 11.3 Å². The number of aryl methyl sites for hydroxylation is 2. The molecule has 0 unspecified atom stereocenters. The number of carbonyl (C=O) groups excluding carboxylic acids is 1. The molecule has 0 fully saturated rings. The van der Waals surface area contributed by atoms with Crippen molar-refractivity contribution in [2.75, 3.05) is 5.32 Å². The first kappa shape index (κ1) is 19.4. The van der Waals surface area contributed by atoms with Crippen LogP contribution in [-0.2, 0) is 6.54 Å². The van der Waals surface area contributed by atoms with Crippen LogP contribution in [-0.4, -0.2) is 15.5 Å². The number of anilines is 1. The molecule has 3 heterocycles. The third-order valence-corrected chi connectivity index (χ3v) is 4.99. The number of hydrogen-bond acceptors (Lipinski definition) is 4. The molecule has 0 spiro atoms. The second kappa shape index (κ2) is 8.21. The molecular formula is C24H21N3O3. The van der Waals surface area contributed by atoms with E-state index in [0.717, 1.165) is 22.6 Å². The van der Waals surface area contributed by atoms with Gasteiger partial charge in [-0.25, -0.2) is 0 Å². The SMILES string of the molecule is Cc1ccccc1NC(=O)c1c(-c2ccncc2)n(Cc2ccco2)c(C)cc1=O. The second-order valence-corrected chi connectivity index (χ2v) is 7.04. The van der Waals surface area contributed by atoms with Crippen LogP contribution in [0.2, 0.25) is 0 Å². The molecule has 1 aromatic carbocycles. The lowest BCUT2D eigenvalue weighted by Crippen LogP contribution is -2.27. The fourth-order valence-electron chi connectivity index (χ4n) is 3.46. The highest BCUT2D eigenvalue weighted by Crippen LogP contribution is 2.25. The van der Waals surface area contributed by atoms with Gasteiger partial charge in [-0.3, -0.25) is 14.6 Å². The van der Waals surface area contributed by atoms with Gasteiger partial charge in [-0.15, -0.1) is 0 Å². The van der Waals surface area contributed by atoms with Crippen molar-refractivity contribution >= 4 is 11.6 Å². The van der Waals surface area contributed by atoms with Gasteiger partial charge in [-0.2, -0.15) is 0 Å². The van der Waals surface area contributed by atoms with E-state index in [1.807, 2.05) is 54.8 Å². The van der Waals surface area contributed by atoms with Crippen molar-refractivity contribution in [2.45, 2.75) is 20.4 Å². The Balaban J connectivity index is 1.90. The molecule has 0 radical (unpaired) electrons. The maximum atomic E-state index is 13.3. The van der Waals surface area contributed by atoms with E-state index in [9.17, 15) is 9.59 Å². The number of aromatic nitrogens is 2. The van der Waals surface area contributed by atoms with Crippen LogP contribution in [0.15, 0.2) is 82.5 Å². The predicted octanol–water partition coefficient (Wildman–Crippen LogP) is 4.42. The number of benzene rings is 1. The van der Waals surface area contributed by atoms with Crippen LogP contribution in [0.4, 0.5) is 5.69 Å². The van der Waals surface area contributed by atoms with E-state index in [-0.39, 0.29) is 11.0 Å². The van der Waals surface area contributed by atoms with Gasteiger partial charge in [0.15, 0.2) is 5.43 Å². The van der Waals surface area contributed by atoms with Crippen LogP contribution in [0.3, 0.4) is 0 Å². The van der Waals surface area contributed by atoms with Crippen molar-refractivity contribution in [2.24, 2.45) is 0 Å². The Bertz CT molecular complexity index is 1240. The van der Waals surface area contributed by atoms with E-state index in [4.69, 9.17) is 4.42 Å². The maximum absolute atomic E-state index is 13.3. The zero-order chi connectivity index (χ0) is 21.1. The minimum atomic E-state index is -0.450. The molecule has 1 N–H and O–H groups in total. The predicted molar refractivity (Wildman–Crippen MR) is 116 cm³/mol. The number of nitrogens with one attached hydrogen (secondary N) is 1. The lowest BCUT2D eigenvalue weighted by molar-refractivity contribution is 0.102. The Morgan fingerprint density at radius 2 is 1.83 bits per heavy atom. The van der Waals surface area contributed by atoms with E-state index >= 15 is 0 Å². The highest BCUT2D eigenvalue weighted by molar-refractivity contribution is 6.08. The fraction of sp³-hybridized carbons (Fsp3) is 0.125. The molecular weight excluding hydrogens is 378 g/mol. The molecule has 0 saturated carbocycles. The van der Waals surface area contributed by atoms with Crippen LogP contribution in [0.1, 0.15) is 27.4 Å². The Morgan fingerprint density at radius 3 is 2.53 bits per heavy atom. The quantitative estimate of drug-likeness (QED) is 0.539. The van der Waals surface area contributed by atoms with Crippen LogP contribution in [0, 0.1) is 13.8 Å². The summed E-state index contributed by atoms with van der Waals surface area (Å²) in [6.45, 7) is 4.14. The summed E-state index contributed by atoms with van der Waals surface area (Å²) in [5, 5.41) is 2.89. The number of amides is 1. The largest absolute Gasteiger partial charge is 0.467 e. The highest BCUT2D eigenvalue weighted by Gasteiger charge is 2.22. The molecule has 1 amide bonds. The van der Waals surface area contributed by atoms with Crippen LogP contribution < -0.4 is 10.7 Å². The van der Waals surface area contributed by atoms with Gasteiger partial charge in [0, 0.05) is 35.4 Å². The van der Waals surface area contributed by atoms with Crippen LogP contribution in [0.25, 0.3) is 11.3 Å². The van der Waals surface area contributed by atoms with Gasteiger partial charge in [0.25, 0.3) is 5.91 Å². The molecule has 0 atom stereocenters. The number of nitrogens with zero attached hydrogens (tertiary/aromatic N) is 2. The zero-order valence-electron chi connectivity index (χ0n) is 16.8. The van der Waals surface area contributed by atoms with Gasteiger partial charge >= 0.3 is 0 Å². The van der Waals surface area contributed by atoms with Crippen molar-refractivity contribution < 1.29 is 9.21 Å². The summed E-state index contributed by atoms with van der Waals surface area (Å²) in [7, 11) is 0. The number of para-hydroxylation sites is 1. The van der Waals surface area contributed by atoms with E-state index < -0.39 is 5.91 Å². The summed E-state index contributed by atoms with van der Waals surface area (Å²) in [6.07, 6.45) is 4.88. The summed E-state index contributed by atoms with van der Waals surface area (Å²) in [6, 6.07) is 16.2. The van der Waals surface area contributed by atoms with Gasteiger partial charge in [0.2, 0.25) is 0 Å². The molecule has 6 heteroatoms. The molecule has 0 aliphatic carbocycles. The lowest BCUT2D eigenvalue weighted by Gasteiger charge is -2.20. The van der Waals surface area contributed by atoms with Gasteiger partial charge in [-0.1, -0.05) is 18.2 Å². The molecule has 4 rings (SSSR count). The Morgan fingerprint density at radius 1 is 1.07 bits per heavy atom. The lowest BCUT2D eigenvalue weighted by atomic mass is 10.0. The third kappa shape index (κ3) is 3.80. The molecule has 0 aliphatic heterocycles. The monoisotopic (exact) mass is 399 g/mol. The van der Waals surface area contributed by atoms with E-state index in [2.05, 4.69) is 10.3 Å². The molecule has 150 valence electrons. The molecule has 0 saturated heterocycles. The van der Waals surface area contributed by atoms with Crippen molar-refractivity contribution in [1.82, 2.24) is 9.55 Å². The maximum Gasteiger partial charge on any atom is 0.261 e. The number of carbonyl (C=O) groups is 1. The fourth-order valence-corrected chi connectivity index (χ4v) is 3.46. The average molecular weight is 399 g/mol. The summed E-state index contributed by atoms with van der Waals surface area (Å²) in [5.74, 6) is 0.275. The van der Waals surface area contributed by atoms with Crippen molar-refractivity contribution in [1.29, 1.82) is 0 Å². The van der Waals surface area contributed by atoms with E-state index in [1.54, 1.807) is 30.8 Å². The molecule has 30 heavy (non-hydrogen) atoms. The molecule has 3 aromatic heterocycles. The van der Waals surface area contributed by atoms with Gasteiger partial charge in [0.05, 0.1) is 18.5 Å². The Kier molecular flexibility index (Phi) is 5.30. The standard InChI is InChI=1S/C24H21N3O3/c1-16-6-3-4-8-20(16)26-24(29)22-21(28)14-17(2)27(15-19-7-5-13-30-19)23(22)18-9-11-25-12-10-18/h3-14H,15H2,1-2H3,(H,26,29). The van der Waals surface area contributed by atoms with E-state index in [0.29, 0.717) is 17.9 Å². The molecule has 0 bridgehead atoms. The minimum absolute atomic E-state index is 0.0848. The minimum Gasteiger partial charge on any atom is -0.467 e. The van der Waals surface area contributed by atoms with Crippen molar-refractivity contribution in [3.8, 4) is 11.3 Å². The summed E-state index contributed by atoms with van der Waals surface area (Å²) >= 11 is 0. The first-order chi connectivity index (χ1) is 14.5. The van der Waals surface area contributed by atoms with Gasteiger partial charge < -0.3 is 14.3 Å². The first-order valence-corrected chi connectivity index (χ1v) is 9.59. The van der Waals surface area contributed by atoms with E-state index in [1.165, 1.54) is 6.07 Å². The van der Waals surface area contributed by atoms with Crippen LogP contribution in [0.5, 0.6) is 0 Å². The van der Waals surface area contributed by atoms with Crippen molar-refractivity contribution in [3.05, 3.63) is 106 Å². The molecule has 4 aromatic rings. The number of rotatable bonds is 5.